The van der Waals surface area contributed by atoms with E-state index in [9.17, 15) is 9.18 Å². The van der Waals surface area contributed by atoms with E-state index in [0.717, 1.165) is 5.56 Å². The van der Waals surface area contributed by atoms with Gasteiger partial charge in [0, 0.05) is 12.7 Å². The van der Waals surface area contributed by atoms with Crippen LogP contribution in [0.1, 0.15) is 5.56 Å². The molecule has 0 saturated carbocycles. The summed E-state index contributed by atoms with van der Waals surface area (Å²) in [5.74, 6) is -0.298. The highest BCUT2D eigenvalue weighted by atomic mass is 35.5. The number of benzene rings is 1. The Balaban J connectivity index is 1.46. The molecular formula is C16H13ClFN5OS2. The van der Waals surface area contributed by atoms with Crippen molar-refractivity contribution in [3.63, 3.8) is 0 Å². The third-order valence-corrected chi connectivity index (χ3v) is 5.44. The summed E-state index contributed by atoms with van der Waals surface area (Å²) in [5.41, 5.74) is 1.40. The van der Waals surface area contributed by atoms with Crippen LogP contribution >= 0.6 is 34.7 Å². The normalized spacial score (nSPS) is 10.5. The number of aromatic nitrogens is 3. The van der Waals surface area contributed by atoms with Gasteiger partial charge in [0.1, 0.15) is 5.82 Å². The molecule has 26 heavy (non-hydrogen) atoms. The first kappa shape index (κ1) is 18.6. The number of pyridine rings is 1. The summed E-state index contributed by atoms with van der Waals surface area (Å²) >= 11 is 8.52. The molecule has 2 N–H and O–H groups in total. The van der Waals surface area contributed by atoms with Crippen LogP contribution in [0.4, 0.5) is 15.2 Å². The molecule has 0 saturated heterocycles. The van der Waals surface area contributed by atoms with E-state index in [1.54, 1.807) is 30.5 Å². The van der Waals surface area contributed by atoms with Gasteiger partial charge < -0.3 is 10.6 Å². The minimum absolute atomic E-state index is 0.178. The predicted molar refractivity (Wildman–Crippen MR) is 102 cm³/mol. The second kappa shape index (κ2) is 8.93. The number of halogens is 2. The molecule has 0 radical (unpaired) electrons. The number of amides is 1. The molecule has 2 heterocycles. The van der Waals surface area contributed by atoms with Crippen LogP contribution < -0.4 is 10.6 Å². The summed E-state index contributed by atoms with van der Waals surface area (Å²) in [7, 11) is 0. The first-order chi connectivity index (χ1) is 12.6. The number of nitrogens with zero attached hydrogens (tertiary/aromatic N) is 3. The van der Waals surface area contributed by atoms with Crippen LogP contribution in [-0.4, -0.2) is 26.8 Å². The molecule has 3 rings (SSSR count). The number of thioether (sulfide) groups is 1. The van der Waals surface area contributed by atoms with Crippen molar-refractivity contribution in [1.82, 2.24) is 15.2 Å². The van der Waals surface area contributed by atoms with Crippen LogP contribution in [0.2, 0.25) is 5.15 Å². The Hall–Kier alpha value is -2.23. The van der Waals surface area contributed by atoms with Gasteiger partial charge in [-0.05, 0) is 29.8 Å². The quantitative estimate of drug-likeness (QED) is 0.452. The largest absolute Gasteiger partial charge is 0.356 e. The number of carbonyl (C=O) groups is 1. The van der Waals surface area contributed by atoms with Gasteiger partial charge in [0.05, 0.1) is 11.4 Å². The lowest BCUT2D eigenvalue weighted by Crippen LogP contribution is -2.14. The van der Waals surface area contributed by atoms with Gasteiger partial charge in [-0.1, -0.05) is 46.8 Å². The van der Waals surface area contributed by atoms with E-state index in [2.05, 4.69) is 25.8 Å². The van der Waals surface area contributed by atoms with E-state index in [0.29, 0.717) is 21.7 Å². The van der Waals surface area contributed by atoms with E-state index in [-0.39, 0.29) is 22.6 Å². The number of hydrogen-bond acceptors (Lipinski definition) is 7. The average molecular weight is 410 g/mol. The van der Waals surface area contributed by atoms with Crippen LogP contribution in [0.5, 0.6) is 0 Å². The lowest BCUT2D eigenvalue weighted by Gasteiger charge is -2.04. The van der Waals surface area contributed by atoms with Crippen molar-refractivity contribution in [3.05, 3.63) is 59.1 Å². The topological polar surface area (TPSA) is 79.8 Å². The summed E-state index contributed by atoms with van der Waals surface area (Å²) in [5, 5.41) is 14.7. The van der Waals surface area contributed by atoms with Crippen molar-refractivity contribution in [2.45, 2.75) is 10.9 Å². The van der Waals surface area contributed by atoms with Crippen LogP contribution in [0.15, 0.2) is 46.9 Å². The molecular weight excluding hydrogens is 397 g/mol. The highest BCUT2D eigenvalue weighted by Crippen LogP contribution is 2.26. The monoisotopic (exact) mass is 409 g/mol. The molecule has 0 aliphatic heterocycles. The average Bonchev–Trinajstić information content (AvgIpc) is 3.09. The smallest absolute Gasteiger partial charge is 0.234 e. The first-order valence-corrected chi connectivity index (χ1v) is 9.63. The standard InChI is InChI=1S/C16H13ClFN5OS2/c17-14-12(2-1-7-19-14)21-13(24)9-25-16-23-22-15(26-16)20-8-10-3-5-11(18)6-4-10/h1-7H,8-9H2,(H,20,22)(H,21,24). The molecule has 10 heteroatoms. The molecule has 0 unspecified atom stereocenters. The zero-order valence-corrected chi connectivity index (χ0v) is 15.7. The van der Waals surface area contributed by atoms with E-state index in [1.165, 1.54) is 35.2 Å². The summed E-state index contributed by atoms with van der Waals surface area (Å²) in [6.45, 7) is 0.513. The van der Waals surface area contributed by atoms with Crippen LogP contribution in [0, 0.1) is 5.82 Å². The fourth-order valence-electron chi connectivity index (χ4n) is 1.91. The Morgan fingerprint density at radius 2 is 2.04 bits per heavy atom. The molecule has 2 aromatic heterocycles. The van der Waals surface area contributed by atoms with Crippen molar-refractivity contribution >= 4 is 51.4 Å². The van der Waals surface area contributed by atoms with Gasteiger partial charge in [0.2, 0.25) is 11.0 Å². The van der Waals surface area contributed by atoms with Crippen molar-refractivity contribution in [3.8, 4) is 0 Å². The van der Waals surface area contributed by atoms with E-state index in [1.807, 2.05) is 0 Å². The molecule has 0 spiro atoms. The highest BCUT2D eigenvalue weighted by Gasteiger charge is 2.10. The van der Waals surface area contributed by atoms with Crippen molar-refractivity contribution < 1.29 is 9.18 Å². The van der Waals surface area contributed by atoms with Crippen molar-refractivity contribution in [2.24, 2.45) is 0 Å². The zero-order valence-electron chi connectivity index (χ0n) is 13.3. The van der Waals surface area contributed by atoms with Gasteiger partial charge in [-0.2, -0.15) is 0 Å². The number of nitrogens with one attached hydrogen (secondary N) is 2. The Bertz CT molecular complexity index is 890. The Labute approximate surface area is 162 Å². The van der Waals surface area contributed by atoms with Crippen molar-refractivity contribution in [1.29, 1.82) is 0 Å². The van der Waals surface area contributed by atoms with Gasteiger partial charge in [-0.15, -0.1) is 10.2 Å². The third-order valence-electron chi connectivity index (χ3n) is 3.12. The fourth-order valence-corrected chi connectivity index (χ4v) is 3.63. The summed E-state index contributed by atoms with van der Waals surface area (Å²) in [6.07, 6.45) is 1.55. The first-order valence-electron chi connectivity index (χ1n) is 7.45. The van der Waals surface area contributed by atoms with Gasteiger partial charge in [0.25, 0.3) is 0 Å². The SMILES string of the molecule is O=C(CSc1nnc(NCc2ccc(F)cc2)s1)Nc1cccnc1Cl. The molecule has 0 atom stereocenters. The Morgan fingerprint density at radius 1 is 1.23 bits per heavy atom. The molecule has 1 aromatic carbocycles. The maximum Gasteiger partial charge on any atom is 0.234 e. The molecule has 0 aliphatic rings. The van der Waals surface area contributed by atoms with Crippen LogP contribution in [0.3, 0.4) is 0 Å². The highest BCUT2D eigenvalue weighted by molar-refractivity contribution is 8.01. The third kappa shape index (κ3) is 5.38. The summed E-state index contributed by atoms with van der Waals surface area (Å²) < 4.78 is 13.5. The zero-order chi connectivity index (χ0) is 18.4. The molecule has 134 valence electrons. The van der Waals surface area contributed by atoms with E-state index < -0.39 is 0 Å². The van der Waals surface area contributed by atoms with Gasteiger partial charge in [0.15, 0.2) is 9.49 Å². The van der Waals surface area contributed by atoms with Gasteiger partial charge in [-0.25, -0.2) is 9.37 Å². The number of carbonyl (C=O) groups excluding carboxylic acids is 1. The van der Waals surface area contributed by atoms with Crippen molar-refractivity contribution in [2.75, 3.05) is 16.4 Å². The summed E-state index contributed by atoms with van der Waals surface area (Å²) in [6, 6.07) is 9.59. The second-order valence-electron chi connectivity index (χ2n) is 5.03. The summed E-state index contributed by atoms with van der Waals surface area (Å²) in [4.78, 5) is 15.9. The molecule has 6 nitrogen and oxygen atoms in total. The van der Waals surface area contributed by atoms with E-state index in [4.69, 9.17) is 11.6 Å². The molecule has 0 aliphatic carbocycles. The number of hydrogen-bond donors (Lipinski definition) is 2. The molecule has 1 amide bonds. The van der Waals surface area contributed by atoms with E-state index >= 15 is 0 Å². The molecule has 3 aromatic rings. The minimum atomic E-state index is -0.269. The number of anilines is 2. The Kier molecular flexibility index (Phi) is 6.37. The van der Waals surface area contributed by atoms with Gasteiger partial charge >= 0.3 is 0 Å². The molecule has 0 fully saturated rings. The molecule has 0 bridgehead atoms. The predicted octanol–water partition coefficient (Wildman–Crippen LogP) is 4.07. The second-order valence-corrected chi connectivity index (χ2v) is 7.59. The van der Waals surface area contributed by atoms with Crippen LogP contribution in [-0.2, 0) is 11.3 Å². The number of rotatable bonds is 7. The lowest BCUT2D eigenvalue weighted by atomic mass is 10.2. The van der Waals surface area contributed by atoms with Crippen LogP contribution in [0.25, 0.3) is 0 Å². The minimum Gasteiger partial charge on any atom is -0.356 e. The van der Waals surface area contributed by atoms with Gasteiger partial charge in [-0.3, -0.25) is 4.79 Å². The maximum atomic E-state index is 12.9. The fraction of sp³-hybridized carbons (Fsp3) is 0.125. The maximum absolute atomic E-state index is 12.9. The Morgan fingerprint density at radius 3 is 2.81 bits per heavy atom. The lowest BCUT2D eigenvalue weighted by molar-refractivity contribution is -0.113.